The topological polar surface area (TPSA) is 12.5 Å². The highest BCUT2D eigenvalue weighted by atomic mass is 35.5. The van der Waals surface area contributed by atoms with Crippen LogP contribution < -0.4 is 4.74 Å². The van der Waals surface area contributed by atoms with Crippen molar-refractivity contribution in [2.24, 2.45) is 0 Å². The molecule has 0 aromatic heterocycles. The molecule has 1 aromatic carbocycles. The fourth-order valence-corrected chi connectivity index (χ4v) is 2.26. The Hall–Kier alpha value is -0.440. The number of nitrogens with zero attached hydrogens (tertiary/aromatic N) is 1. The fourth-order valence-electron chi connectivity index (χ4n) is 1.78. The van der Waals surface area contributed by atoms with Gasteiger partial charge in [-0.3, -0.25) is 4.90 Å². The summed E-state index contributed by atoms with van der Waals surface area (Å²) in [5, 5.41) is 0. The van der Waals surface area contributed by atoms with Gasteiger partial charge in [-0.05, 0) is 13.0 Å². The molecule has 0 amide bonds. The van der Waals surface area contributed by atoms with E-state index in [2.05, 4.69) is 24.0 Å². The minimum absolute atomic E-state index is 0.616. The zero-order chi connectivity index (χ0) is 12.7. The second-order valence-electron chi connectivity index (χ2n) is 3.97. The van der Waals surface area contributed by atoms with Crippen LogP contribution in [-0.2, 0) is 6.54 Å². The van der Waals surface area contributed by atoms with Crippen molar-refractivity contribution in [2.75, 3.05) is 32.0 Å². The zero-order valence-corrected chi connectivity index (χ0v) is 11.9. The molecule has 0 spiro atoms. The lowest BCUT2D eigenvalue weighted by Crippen LogP contribution is -2.27. The second kappa shape index (κ2) is 7.80. The Bertz CT molecular complexity index is 338. The molecule has 17 heavy (non-hydrogen) atoms. The lowest BCUT2D eigenvalue weighted by atomic mass is 10.1. The van der Waals surface area contributed by atoms with E-state index in [0.717, 1.165) is 25.4 Å². The average molecular weight is 276 g/mol. The summed E-state index contributed by atoms with van der Waals surface area (Å²) in [7, 11) is 1.70. The minimum atomic E-state index is 0.616. The molecule has 0 aliphatic rings. The van der Waals surface area contributed by atoms with Gasteiger partial charge in [-0.15, -0.1) is 23.2 Å². The third-order valence-electron chi connectivity index (χ3n) is 2.63. The van der Waals surface area contributed by atoms with E-state index in [4.69, 9.17) is 27.9 Å². The third kappa shape index (κ3) is 4.74. The van der Waals surface area contributed by atoms with E-state index in [1.54, 1.807) is 7.11 Å². The number of methoxy groups -OCH3 is 1. The van der Waals surface area contributed by atoms with Gasteiger partial charge in [0.25, 0.3) is 0 Å². The first kappa shape index (κ1) is 14.6. The maximum Gasteiger partial charge on any atom is 0.123 e. The molecule has 0 saturated heterocycles. The quantitative estimate of drug-likeness (QED) is 0.709. The van der Waals surface area contributed by atoms with Gasteiger partial charge in [0.2, 0.25) is 0 Å². The summed E-state index contributed by atoms with van der Waals surface area (Å²) in [5.74, 6) is 2.15. The van der Waals surface area contributed by atoms with Crippen LogP contribution in [0.1, 0.15) is 11.1 Å². The Kier molecular flexibility index (Phi) is 6.71. The summed E-state index contributed by atoms with van der Waals surface area (Å²) >= 11 is 11.6. The van der Waals surface area contributed by atoms with Crippen LogP contribution in [0.3, 0.4) is 0 Å². The molecule has 4 heteroatoms. The van der Waals surface area contributed by atoms with Gasteiger partial charge in [-0.25, -0.2) is 0 Å². The van der Waals surface area contributed by atoms with Crippen LogP contribution in [0, 0.1) is 6.92 Å². The van der Waals surface area contributed by atoms with Crippen LogP contribution in [-0.4, -0.2) is 36.9 Å². The average Bonchev–Trinajstić information content (AvgIpc) is 2.30. The Morgan fingerprint density at radius 1 is 1.18 bits per heavy atom. The second-order valence-corrected chi connectivity index (χ2v) is 4.73. The van der Waals surface area contributed by atoms with E-state index < -0.39 is 0 Å². The molecule has 0 fully saturated rings. The van der Waals surface area contributed by atoms with Crippen molar-refractivity contribution in [3.63, 3.8) is 0 Å². The lowest BCUT2D eigenvalue weighted by molar-refractivity contribution is 0.292. The summed E-state index contributed by atoms with van der Waals surface area (Å²) in [4.78, 5) is 2.23. The molecular formula is C13H19Cl2NO. The molecule has 0 aliphatic carbocycles. The number of aryl methyl sites for hydroxylation is 1. The highest BCUT2D eigenvalue weighted by Gasteiger charge is 2.09. The lowest BCUT2D eigenvalue weighted by Gasteiger charge is -2.21. The number of halogens is 2. The van der Waals surface area contributed by atoms with Crippen molar-refractivity contribution >= 4 is 23.2 Å². The van der Waals surface area contributed by atoms with E-state index >= 15 is 0 Å². The van der Waals surface area contributed by atoms with Crippen LogP contribution in [0.25, 0.3) is 0 Å². The summed E-state index contributed by atoms with van der Waals surface area (Å²) in [5.41, 5.74) is 2.42. The molecule has 0 aliphatic heterocycles. The molecule has 0 N–H and O–H groups in total. The SMILES string of the molecule is COc1ccc(C)cc1CN(CCCl)CCCl. The van der Waals surface area contributed by atoms with E-state index in [1.165, 1.54) is 11.1 Å². The third-order valence-corrected chi connectivity index (χ3v) is 2.97. The van der Waals surface area contributed by atoms with Gasteiger partial charge in [0, 0.05) is 37.0 Å². The monoisotopic (exact) mass is 275 g/mol. The predicted octanol–water partition coefficient (Wildman–Crippen LogP) is 3.28. The van der Waals surface area contributed by atoms with Crippen molar-refractivity contribution in [1.82, 2.24) is 4.90 Å². The molecule has 0 heterocycles. The highest BCUT2D eigenvalue weighted by molar-refractivity contribution is 6.18. The Morgan fingerprint density at radius 3 is 2.35 bits per heavy atom. The fraction of sp³-hybridized carbons (Fsp3) is 0.538. The highest BCUT2D eigenvalue weighted by Crippen LogP contribution is 2.21. The van der Waals surface area contributed by atoms with E-state index in [0.29, 0.717) is 11.8 Å². The molecular weight excluding hydrogens is 257 g/mol. The van der Waals surface area contributed by atoms with Gasteiger partial charge in [0.15, 0.2) is 0 Å². The van der Waals surface area contributed by atoms with Crippen molar-refractivity contribution in [2.45, 2.75) is 13.5 Å². The molecule has 1 rings (SSSR count). The van der Waals surface area contributed by atoms with Crippen molar-refractivity contribution in [3.8, 4) is 5.75 Å². The van der Waals surface area contributed by atoms with Crippen LogP contribution in [0.2, 0.25) is 0 Å². The Balaban J connectivity index is 2.79. The van der Waals surface area contributed by atoms with Crippen molar-refractivity contribution in [1.29, 1.82) is 0 Å². The van der Waals surface area contributed by atoms with Crippen LogP contribution in [0.5, 0.6) is 5.75 Å². The van der Waals surface area contributed by atoms with Crippen LogP contribution in [0.4, 0.5) is 0 Å². The molecule has 1 aromatic rings. The maximum absolute atomic E-state index is 5.79. The molecule has 96 valence electrons. The van der Waals surface area contributed by atoms with Gasteiger partial charge in [-0.2, -0.15) is 0 Å². The number of hydrogen-bond acceptors (Lipinski definition) is 2. The molecule has 0 unspecified atom stereocenters. The van der Waals surface area contributed by atoms with Gasteiger partial charge in [-0.1, -0.05) is 17.7 Å². The summed E-state index contributed by atoms with van der Waals surface area (Å²) in [6, 6.07) is 6.20. The zero-order valence-electron chi connectivity index (χ0n) is 10.4. The summed E-state index contributed by atoms with van der Waals surface area (Å²) in [6.45, 7) is 4.58. The molecule has 0 saturated carbocycles. The van der Waals surface area contributed by atoms with E-state index in [9.17, 15) is 0 Å². The Morgan fingerprint density at radius 2 is 1.82 bits per heavy atom. The summed E-state index contributed by atoms with van der Waals surface area (Å²) < 4.78 is 5.36. The van der Waals surface area contributed by atoms with Crippen molar-refractivity contribution < 1.29 is 4.74 Å². The first-order valence-electron chi connectivity index (χ1n) is 5.69. The van der Waals surface area contributed by atoms with E-state index in [1.807, 2.05) is 6.07 Å². The van der Waals surface area contributed by atoms with Gasteiger partial charge < -0.3 is 4.74 Å². The number of alkyl halides is 2. The summed E-state index contributed by atoms with van der Waals surface area (Å²) in [6.07, 6.45) is 0. The minimum Gasteiger partial charge on any atom is -0.496 e. The first-order valence-corrected chi connectivity index (χ1v) is 6.76. The normalized spacial score (nSPS) is 10.9. The number of hydrogen-bond donors (Lipinski definition) is 0. The van der Waals surface area contributed by atoms with Crippen LogP contribution >= 0.6 is 23.2 Å². The number of rotatable bonds is 7. The smallest absolute Gasteiger partial charge is 0.123 e. The predicted molar refractivity (Wildman–Crippen MR) is 74.4 cm³/mol. The first-order chi connectivity index (χ1) is 8.21. The Labute approximate surface area is 113 Å². The molecule has 0 radical (unpaired) electrons. The van der Waals surface area contributed by atoms with E-state index in [-0.39, 0.29) is 0 Å². The molecule has 0 atom stereocenters. The van der Waals surface area contributed by atoms with Crippen LogP contribution in [0.15, 0.2) is 18.2 Å². The number of benzene rings is 1. The van der Waals surface area contributed by atoms with Crippen molar-refractivity contribution in [3.05, 3.63) is 29.3 Å². The van der Waals surface area contributed by atoms with Gasteiger partial charge >= 0.3 is 0 Å². The standard InChI is InChI=1S/C13H19Cl2NO/c1-11-3-4-13(17-2)12(9-11)10-16(7-5-14)8-6-15/h3-4,9H,5-8,10H2,1-2H3. The largest absolute Gasteiger partial charge is 0.496 e. The van der Waals surface area contributed by atoms with Gasteiger partial charge in [0.1, 0.15) is 5.75 Å². The molecule has 0 bridgehead atoms. The number of ether oxygens (including phenoxy) is 1. The molecule has 2 nitrogen and oxygen atoms in total. The van der Waals surface area contributed by atoms with Gasteiger partial charge in [0.05, 0.1) is 7.11 Å². The maximum atomic E-state index is 5.79.